The van der Waals surface area contributed by atoms with Gasteiger partial charge >= 0.3 is 0 Å². The first-order chi connectivity index (χ1) is 9.19. The number of nitrogens with zero attached hydrogens (tertiary/aromatic N) is 3. The van der Waals surface area contributed by atoms with Gasteiger partial charge in [-0.05, 0) is 24.1 Å². The minimum absolute atomic E-state index is 0.311. The number of halogens is 1. The highest BCUT2D eigenvalue weighted by molar-refractivity contribution is 6.30. The molecular weight excluding hydrogens is 260 g/mol. The summed E-state index contributed by atoms with van der Waals surface area (Å²) in [6, 6.07) is 8.31. The Morgan fingerprint density at radius 3 is 2.63 bits per heavy atom. The number of rotatable bonds is 6. The Morgan fingerprint density at radius 2 is 2.05 bits per heavy atom. The van der Waals surface area contributed by atoms with Gasteiger partial charge in [0.05, 0.1) is 6.54 Å². The van der Waals surface area contributed by atoms with E-state index in [1.165, 1.54) is 5.56 Å². The van der Waals surface area contributed by atoms with Crippen molar-refractivity contribution >= 4 is 11.6 Å². The average molecular weight is 279 g/mol. The predicted octanol–water partition coefficient (Wildman–Crippen LogP) is 3.10. The number of benzene rings is 1. The second-order valence-electron chi connectivity index (χ2n) is 4.61. The lowest BCUT2D eigenvalue weighted by atomic mass is 10.0. The van der Waals surface area contributed by atoms with Gasteiger partial charge in [0.2, 0.25) is 0 Å². The van der Waals surface area contributed by atoms with Crippen molar-refractivity contribution < 1.29 is 0 Å². The molecular formula is C14H19ClN4. The minimum Gasteiger partial charge on any atom is -0.303 e. The Morgan fingerprint density at radius 1 is 1.32 bits per heavy atom. The van der Waals surface area contributed by atoms with Gasteiger partial charge in [-0.1, -0.05) is 37.1 Å². The van der Waals surface area contributed by atoms with Crippen molar-refractivity contribution in [2.45, 2.75) is 32.4 Å². The van der Waals surface area contributed by atoms with Crippen LogP contribution in [0.15, 0.2) is 30.6 Å². The third-order valence-electron chi connectivity index (χ3n) is 3.00. The molecule has 0 aliphatic carbocycles. The monoisotopic (exact) mass is 278 g/mol. The van der Waals surface area contributed by atoms with Gasteiger partial charge in [-0.25, -0.2) is 4.98 Å². The molecule has 1 heterocycles. The lowest BCUT2D eigenvalue weighted by Crippen LogP contribution is -2.21. The van der Waals surface area contributed by atoms with Gasteiger partial charge in [0.25, 0.3) is 0 Å². The van der Waals surface area contributed by atoms with E-state index in [-0.39, 0.29) is 0 Å². The molecule has 0 bridgehead atoms. The summed E-state index contributed by atoms with van der Waals surface area (Å²) in [7, 11) is 1.87. The summed E-state index contributed by atoms with van der Waals surface area (Å²) in [5, 5.41) is 8.55. The molecule has 0 aliphatic rings. The molecule has 1 atom stereocenters. The molecule has 0 amide bonds. The van der Waals surface area contributed by atoms with Crippen molar-refractivity contribution in [3.05, 3.63) is 47.0 Å². The van der Waals surface area contributed by atoms with E-state index in [2.05, 4.69) is 34.5 Å². The van der Waals surface area contributed by atoms with Crippen molar-refractivity contribution in [3.63, 3.8) is 0 Å². The van der Waals surface area contributed by atoms with Gasteiger partial charge in [-0.15, -0.1) is 0 Å². The third-order valence-corrected chi connectivity index (χ3v) is 3.26. The van der Waals surface area contributed by atoms with Crippen LogP contribution in [0.2, 0.25) is 5.02 Å². The molecule has 102 valence electrons. The van der Waals surface area contributed by atoms with Crippen LogP contribution in [0.1, 0.15) is 37.2 Å². The smallest absolute Gasteiger partial charge is 0.164 e. The Hall–Kier alpha value is -1.39. The highest BCUT2D eigenvalue weighted by Crippen LogP contribution is 2.20. The van der Waals surface area contributed by atoms with Gasteiger partial charge < -0.3 is 5.32 Å². The molecule has 1 aromatic heterocycles. The van der Waals surface area contributed by atoms with E-state index in [9.17, 15) is 0 Å². The fraction of sp³-hybridized carbons (Fsp3) is 0.429. The summed E-state index contributed by atoms with van der Waals surface area (Å²) in [6.07, 6.45) is 3.92. The molecule has 1 unspecified atom stereocenters. The van der Waals surface area contributed by atoms with Gasteiger partial charge in [-0.2, -0.15) is 5.10 Å². The van der Waals surface area contributed by atoms with Crippen LogP contribution in [0.5, 0.6) is 0 Å². The van der Waals surface area contributed by atoms with E-state index in [0.717, 1.165) is 23.7 Å². The molecule has 0 saturated carbocycles. The van der Waals surface area contributed by atoms with E-state index in [0.29, 0.717) is 12.6 Å². The quantitative estimate of drug-likeness (QED) is 0.883. The van der Waals surface area contributed by atoms with E-state index >= 15 is 0 Å². The summed E-state index contributed by atoms with van der Waals surface area (Å²) < 4.78 is 1.72. The maximum absolute atomic E-state index is 5.93. The van der Waals surface area contributed by atoms with Crippen molar-refractivity contribution in [1.29, 1.82) is 0 Å². The molecule has 19 heavy (non-hydrogen) atoms. The van der Waals surface area contributed by atoms with Crippen molar-refractivity contribution in [2.24, 2.45) is 7.05 Å². The zero-order chi connectivity index (χ0) is 13.7. The second kappa shape index (κ2) is 6.68. The molecule has 0 saturated heterocycles. The predicted molar refractivity (Wildman–Crippen MR) is 76.9 cm³/mol. The number of hydrogen-bond acceptors (Lipinski definition) is 3. The second-order valence-corrected chi connectivity index (χ2v) is 5.04. The summed E-state index contributed by atoms with van der Waals surface area (Å²) >= 11 is 5.93. The average Bonchev–Trinajstić information content (AvgIpc) is 2.81. The molecule has 0 radical (unpaired) electrons. The number of hydrogen-bond donors (Lipinski definition) is 1. The summed E-state index contributed by atoms with van der Waals surface area (Å²) in [5.41, 5.74) is 1.25. The first kappa shape index (κ1) is 14.0. The number of nitrogens with one attached hydrogen (secondary N) is 1. The Labute approximate surface area is 118 Å². The van der Waals surface area contributed by atoms with Crippen LogP contribution in [0.3, 0.4) is 0 Å². The molecule has 1 N–H and O–H groups in total. The maximum atomic E-state index is 5.93. The highest BCUT2D eigenvalue weighted by atomic mass is 35.5. The molecule has 0 aliphatic heterocycles. The zero-order valence-electron chi connectivity index (χ0n) is 11.3. The molecule has 4 nitrogen and oxygen atoms in total. The van der Waals surface area contributed by atoms with E-state index < -0.39 is 0 Å². The normalized spacial score (nSPS) is 12.6. The first-order valence-electron chi connectivity index (χ1n) is 6.52. The highest BCUT2D eigenvalue weighted by Gasteiger charge is 2.11. The van der Waals surface area contributed by atoms with E-state index in [1.54, 1.807) is 11.0 Å². The van der Waals surface area contributed by atoms with E-state index in [4.69, 9.17) is 11.6 Å². The van der Waals surface area contributed by atoms with E-state index in [1.807, 2.05) is 19.2 Å². The van der Waals surface area contributed by atoms with Gasteiger partial charge in [0.15, 0.2) is 5.82 Å². The Balaban J connectivity index is 2.01. The molecule has 2 rings (SSSR count). The third kappa shape index (κ3) is 4.04. The molecule has 5 heteroatoms. The zero-order valence-corrected chi connectivity index (χ0v) is 12.1. The van der Waals surface area contributed by atoms with Crippen LogP contribution in [0.25, 0.3) is 0 Å². The van der Waals surface area contributed by atoms with Crippen molar-refractivity contribution in [1.82, 2.24) is 20.1 Å². The summed E-state index contributed by atoms with van der Waals surface area (Å²) in [4.78, 5) is 4.22. The number of aromatic nitrogens is 3. The lowest BCUT2D eigenvalue weighted by Gasteiger charge is -2.17. The minimum atomic E-state index is 0.311. The first-order valence-corrected chi connectivity index (χ1v) is 6.90. The largest absolute Gasteiger partial charge is 0.303 e. The number of aryl methyl sites for hydroxylation is 1. The standard InChI is InChI=1S/C14H19ClN4/c1-3-4-13(11-5-7-12(15)8-6-11)16-9-14-17-10-19(2)18-14/h5-8,10,13,16H,3-4,9H2,1-2H3. The lowest BCUT2D eigenvalue weighted by molar-refractivity contribution is 0.484. The van der Waals surface area contributed by atoms with Crippen LogP contribution < -0.4 is 5.32 Å². The maximum Gasteiger partial charge on any atom is 0.164 e. The summed E-state index contributed by atoms with van der Waals surface area (Å²) in [6.45, 7) is 2.86. The van der Waals surface area contributed by atoms with Crippen LogP contribution in [0.4, 0.5) is 0 Å². The van der Waals surface area contributed by atoms with Crippen LogP contribution in [-0.4, -0.2) is 14.8 Å². The van der Waals surface area contributed by atoms with Crippen molar-refractivity contribution in [2.75, 3.05) is 0 Å². The topological polar surface area (TPSA) is 42.7 Å². The van der Waals surface area contributed by atoms with Gasteiger partial charge in [0.1, 0.15) is 6.33 Å². The fourth-order valence-electron chi connectivity index (χ4n) is 2.05. The van der Waals surface area contributed by atoms with Gasteiger partial charge in [-0.3, -0.25) is 4.68 Å². The molecule has 0 spiro atoms. The van der Waals surface area contributed by atoms with Crippen LogP contribution in [-0.2, 0) is 13.6 Å². The van der Waals surface area contributed by atoms with Crippen LogP contribution in [0, 0.1) is 0 Å². The fourth-order valence-corrected chi connectivity index (χ4v) is 2.18. The van der Waals surface area contributed by atoms with Gasteiger partial charge in [0, 0.05) is 18.1 Å². The Kier molecular flexibility index (Phi) is 4.93. The van der Waals surface area contributed by atoms with Crippen LogP contribution >= 0.6 is 11.6 Å². The molecule has 0 fully saturated rings. The molecule has 1 aromatic carbocycles. The summed E-state index contributed by atoms with van der Waals surface area (Å²) in [5.74, 6) is 0.817. The molecule has 2 aromatic rings. The Bertz CT molecular complexity index is 506. The SMILES string of the molecule is CCCC(NCc1ncn(C)n1)c1ccc(Cl)cc1. The van der Waals surface area contributed by atoms with Crippen molar-refractivity contribution in [3.8, 4) is 0 Å².